The first kappa shape index (κ1) is 14.8. The maximum Gasteiger partial charge on any atom is 0.121 e. The number of pyridine rings is 1. The fourth-order valence-corrected chi connectivity index (χ4v) is 2.02. The Labute approximate surface area is 121 Å². The van der Waals surface area contributed by atoms with Gasteiger partial charge in [0.2, 0.25) is 0 Å². The molecule has 2 aromatic rings. The summed E-state index contributed by atoms with van der Waals surface area (Å²) >= 11 is 0. The largest absolute Gasteiger partial charge is 0.494 e. The molecule has 0 aliphatic carbocycles. The molecule has 1 aromatic heterocycles. The molecule has 0 fully saturated rings. The molecule has 0 unspecified atom stereocenters. The van der Waals surface area contributed by atoms with Crippen LogP contribution in [0.4, 0.5) is 0 Å². The van der Waals surface area contributed by atoms with Gasteiger partial charge in [0.15, 0.2) is 0 Å². The minimum Gasteiger partial charge on any atom is -0.494 e. The molecule has 1 heterocycles. The number of aromatic nitrogens is 1. The average Bonchev–Trinajstić information content (AvgIpc) is 2.41. The fourth-order valence-electron chi connectivity index (χ4n) is 2.02. The van der Waals surface area contributed by atoms with E-state index in [1.807, 2.05) is 24.4 Å². The molecule has 3 heteroatoms. The highest BCUT2D eigenvalue weighted by Crippen LogP contribution is 2.18. The first-order valence-corrected chi connectivity index (χ1v) is 7.27. The summed E-state index contributed by atoms with van der Waals surface area (Å²) in [6, 6.07) is 10.1. The van der Waals surface area contributed by atoms with Gasteiger partial charge in [0, 0.05) is 23.2 Å². The van der Waals surface area contributed by atoms with E-state index in [1.165, 1.54) is 0 Å². The number of hydrogen-bond donors (Lipinski definition) is 1. The zero-order valence-electron chi connectivity index (χ0n) is 12.6. The van der Waals surface area contributed by atoms with Crippen LogP contribution in [0.5, 0.6) is 5.75 Å². The molecule has 0 aliphatic heterocycles. The summed E-state index contributed by atoms with van der Waals surface area (Å²) in [4.78, 5) is 4.34. The van der Waals surface area contributed by atoms with Crippen molar-refractivity contribution in [2.24, 2.45) is 0 Å². The Morgan fingerprint density at radius 2 is 2.00 bits per heavy atom. The first-order valence-electron chi connectivity index (χ1n) is 7.27. The lowest BCUT2D eigenvalue weighted by Crippen LogP contribution is -2.36. The van der Waals surface area contributed by atoms with Crippen LogP contribution in [0.25, 0.3) is 10.9 Å². The first-order chi connectivity index (χ1) is 9.54. The van der Waals surface area contributed by atoms with E-state index in [2.05, 4.69) is 43.2 Å². The lowest BCUT2D eigenvalue weighted by molar-refractivity contribution is 0.301. The van der Waals surface area contributed by atoms with Gasteiger partial charge in [-0.05, 0) is 58.4 Å². The third kappa shape index (κ3) is 4.82. The Morgan fingerprint density at radius 1 is 1.15 bits per heavy atom. The van der Waals surface area contributed by atoms with Crippen LogP contribution in [0.1, 0.15) is 33.6 Å². The molecule has 0 bridgehead atoms. The molecule has 3 nitrogen and oxygen atoms in total. The molecule has 0 aliphatic rings. The lowest BCUT2D eigenvalue weighted by atomic mass is 10.1. The van der Waals surface area contributed by atoms with Crippen molar-refractivity contribution in [1.82, 2.24) is 10.3 Å². The number of unbranched alkanes of at least 4 members (excludes halogenated alkanes) is 1. The molecule has 0 spiro atoms. The summed E-state index contributed by atoms with van der Waals surface area (Å²) in [5.74, 6) is 0.903. The zero-order valence-corrected chi connectivity index (χ0v) is 12.6. The minimum absolute atomic E-state index is 0.199. The Balaban J connectivity index is 1.73. The van der Waals surface area contributed by atoms with Crippen molar-refractivity contribution in [3.05, 3.63) is 36.5 Å². The van der Waals surface area contributed by atoms with Gasteiger partial charge >= 0.3 is 0 Å². The highest BCUT2D eigenvalue weighted by atomic mass is 16.5. The van der Waals surface area contributed by atoms with Crippen molar-refractivity contribution in [3.8, 4) is 5.75 Å². The van der Waals surface area contributed by atoms with Crippen LogP contribution < -0.4 is 10.1 Å². The van der Waals surface area contributed by atoms with Crippen LogP contribution in [0.2, 0.25) is 0 Å². The minimum atomic E-state index is 0.199. The van der Waals surface area contributed by atoms with Crippen molar-refractivity contribution < 1.29 is 4.74 Å². The van der Waals surface area contributed by atoms with E-state index >= 15 is 0 Å². The number of nitrogens with one attached hydrogen (secondary N) is 1. The molecule has 1 N–H and O–H groups in total. The summed E-state index contributed by atoms with van der Waals surface area (Å²) in [6.07, 6.45) is 4.00. The molecule has 0 atom stereocenters. The Bertz CT molecular complexity index is 546. The number of nitrogens with zero attached hydrogens (tertiary/aromatic N) is 1. The van der Waals surface area contributed by atoms with Gasteiger partial charge in [-0.25, -0.2) is 0 Å². The van der Waals surface area contributed by atoms with Crippen LogP contribution in [0, 0.1) is 0 Å². The maximum absolute atomic E-state index is 5.78. The highest BCUT2D eigenvalue weighted by Gasteiger charge is 2.06. The van der Waals surface area contributed by atoms with Crippen molar-refractivity contribution in [1.29, 1.82) is 0 Å². The Hall–Kier alpha value is -1.61. The Morgan fingerprint density at radius 3 is 2.80 bits per heavy atom. The second-order valence-electron chi connectivity index (χ2n) is 6.09. The van der Waals surface area contributed by atoms with Crippen LogP contribution >= 0.6 is 0 Å². The van der Waals surface area contributed by atoms with Gasteiger partial charge < -0.3 is 10.1 Å². The smallest absolute Gasteiger partial charge is 0.121 e. The van der Waals surface area contributed by atoms with Crippen molar-refractivity contribution in [3.63, 3.8) is 0 Å². The van der Waals surface area contributed by atoms with Crippen molar-refractivity contribution >= 4 is 10.9 Å². The summed E-state index contributed by atoms with van der Waals surface area (Å²) in [6.45, 7) is 8.35. The summed E-state index contributed by atoms with van der Waals surface area (Å²) in [5.41, 5.74) is 1.18. The van der Waals surface area contributed by atoms with E-state index in [0.29, 0.717) is 0 Å². The van der Waals surface area contributed by atoms with Crippen LogP contribution in [-0.4, -0.2) is 23.7 Å². The molecule has 2 rings (SSSR count). The standard InChI is InChI=1S/C17H24N2O/c1-17(2,3)19-11-4-5-12-20-15-9-8-14-7-6-10-18-16(14)13-15/h6-10,13,19H,4-5,11-12H2,1-3H3. The monoisotopic (exact) mass is 272 g/mol. The summed E-state index contributed by atoms with van der Waals surface area (Å²) in [5, 5.41) is 4.63. The van der Waals surface area contributed by atoms with Gasteiger partial charge in [-0.15, -0.1) is 0 Å². The fraction of sp³-hybridized carbons (Fsp3) is 0.471. The summed E-state index contributed by atoms with van der Waals surface area (Å²) < 4.78 is 5.78. The molecule has 1 aromatic carbocycles. The lowest BCUT2D eigenvalue weighted by Gasteiger charge is -2.20. The maximum atomic E-state index is 5.78. The number of ether oxygens (including phenoxy) is 1. The molecule has 0 amide bonds. The molecular weight excluding hydrogens is 248 g/mol. The van der Waals surface area contributed by atoms with E-state index in [1.54, 1.807) is 0 Å². The molecule has 108 valence electrons. The third-order valence-electron chi connectivity index (χ3n) is 3.07. The second-order valence-corrected chi connectivity index (χ2v) is 6.09. The number of rotatable bonds is 6. The van der Waals surface area contributed by atoms with Gasteiger partial charge in [0.05, 0.1) is 12.1 Å². The number of benzene rings is 1. The van der Waals surface area contributed by atoms with E-state index in [0.717, 1.165) is 42.6 Å². The molecule has 20 heavy (non-hydrogen) atoms. The predicted molar refractivity (Wildman–Crippen MR) is 84.2 cm³/mol. The third-order valence-corrected chi connectivity index (χ3v) is 3.07. The molecule has 0 saturated heterocycles. The van der Waals surface area contributed by atoms with Crippen LogP contribution in [-0.2, 0) is 0 Å². The normalized spacial score (nSPS) is 11.8. The molecule has 0 saturated carbocycles. The van der Waals surface area contributed by atoms with Gasteiger partial charge in [-0.1, -0.05) is 6.07 Å². The Kier molecular flexibility index (Phi) is 4.96. The van der Waals surface area contributed by atoms with Gasteiger partial charge in [0.25, 0.3) is 0 Å². The zero-order chi connectivity index (χ0) is 14.4. The number of fused-ring (bicyclic) bond motifs is 1. The van der Waals surface area contributed by atoms with Crippen molar-refractivity contribution in [2.75, 3.05) is 13.2 Å². The van der Waals surface area contributed by atoms with Crippen molar-refractivity contribution in [2.45, 2.75) is 39.2 Å². The van der Waals surface area contributed by atoms with Gasteiger partial charge in [-0.2, -0.15) is 0 Å². The highest BCUT2D eigenvalue weighted by molar-refractivity contribution is 5.79. The van der Waals surface area contributed by atoms with E-state index in [9.17, 15) is 0 Å². The van der Waals surface area contributed by atoms with Crippen LogP contribution in [0.3, 0.4) is 0 Å². The SMILES string of the molecule is CC(C)(C)NCCCCOc1ccc2cccnc2c1. The predicted octanol–water partition coefficient (Wildman–Crippen LogP) is 3.78. The molecule has 0 radical (unpaired) electrons. The van der Waals surface area contributed by atoms with E-state index in [-0.39, 0.29) is 5.54 Å². The number of hydrogen-bond acceptors (Lipinski definition) is 3. The second kappa shape index (κ2) is 6.71. The van der Waals surface area contributed by atoms with E-state index < -0.39 is 0 Å². The topological polar surface area (TPSA) is 34.1 Å². The van der Waals surface area contributed by atoms with Gasteiger partial charge in [-0.3, -0.25) is 4.98 Å². The van der Waals surface area contributed by atoms with Gasteiger partial charge in [0.1, 0.15) is 5.75 Å². The average molecular weight is 272 g/mol. The summed E-state index contributed by atoms with van der Waals surface area (Å²) in [7, 11) is 0. The molecular formula is C17H24N2O. The quantitative estimate of drug-likeness (QED) is 0.813. The van der Waals surface area contributed by atoms with E-state index in [4.69, 9.17) is 4.74 Å². The van der Waals surface area contributed by atoms with Crippen LogP contribution in [0.15, 0.2) is 36.5 Å².